The Balaban J connectivity index is 2.69. The van der Waals surface area contributed by atoms with E-state index in [9.17, 15) is 8.42 Å². The van der Waals surface area contributed by atoms with Gasteiger partial charge in [-0.15, -0.1) is 11.3 Å². The van der Waals surface area contributed by atoms with Gasteiger partial charge in [0, 0.05) is 0 Å². The zero-order chi connectivity index (χ0) is 10.8. The molecule has 1 aromatic rings. The Bertz CT molecular complexity index is 393. The molecule has 0 fully saturated rings. The lowest BCUT2D eigenvalue weighted by Gasteiger charge is -2.05. The second kappa shape index (κ2) is 4.64. The van der Waals surface area contributed by atoms with Crippen LogP contribution in [0.1, 0.15) is 19.4 Å². The highest BCUT2D eigenvalue weighted by Crippen LogP contribution is 2.22. The van der Waals surface area contributed by atoms with Crippen LogP contribution in [-0.2, 0) is 15.6 Å². The first-order valence-corrected chi connectivity index (χ1v) is 7.40. The van der Waals surface area contributed by atoms with Crippen LogP contribution in [0.15, 0.2) is 11.4 Å². The van der Waals surface area contributed by atoms with E-state index in [1.165, 1.54) is 11.3 Å². The molecule has 0 saturated heterocycles. The summed E-state index contributed by atoms with van der Waals surface area (Å²) in [5.74, 6) is 0.517. The maximum atomic E-state index is 11.6. The minimum Gasteiger partial charge on any atom is -0.228 e. The normalized spacial score (nSPS) is 12.3. The monoisotopic (exact) mass is 252 g/mol. The van der Waals surface area contributed by atoms with Crippen LogP contribution in [0.3, 0.4) is 0 Å². The zero-order valence-electron chi connectivity index (χ0n) is 8.16. The summed E-state index contributed by atoms with van der Waals surface area (Å²) in [4.78, 5) is 0. The number of halogens is 1. The van der Waals surface area contributed by atoms with Crippen LogP contribution < -0.4 is 0 Å². The molecule has 0 aliphatic rings. The van der Waals surface area contributed by atoms with Gasteiger partial charge in [0.15, 0.2) is 9.84 Å². The van der Waals surface area contributed by atoms with Gasteiger partial charge in [0.25, 0.3) is 0 Å². The first-order valence-electron chi connectivity index (χ1n) is 4.32. The van der Waals surface area contributed by atoms with Crippen LogP contribution >= 0.6 is 22.9 Å². The lowest BCUT2D eigenvalue weighted by atomic mass is 10.3. The van der Waals surface area contributed by atoms with Crippen molar-refractivity contribution in [3.8, 4) is 0 Å². The van der Waals surface area contributed by atoms with E-state index in [4.69, 9.17) is 11.6 Å². The van der Waals surface area contributed by atoms with Crippen LogP contribution in [0.2, 0.25) is 4.34 Å². The Morgan fingerprint density at radius 2 is 2.14 bits per heavy atom. The van der Waals surface area contributed by atoms with E-state index in [0.717, 1.165) is 5.56 Å². The number of sulfone groups is 1. The zero-order valence-corrected chi connectivity index (χ0v) is 10.5. The van der Waals surface area contributed by atoms with Crippen molar-refractivity contribution in [1.82, 2.24) is 0 Å². The van der Waals surface area contributed by atoms with E-state index in [2.05, 4.69) is 0 Å². The van der Waals surface area contributed by atoms with Gasteiger partial charge in [-0.25, -0.2) is 8.42 Å². The van der Waals surface area contributed by atoms with E-state index in [0.29, 0.717) is 4.34 Å². The van der Waals surface area contributed by atoms with Gasteiger partial charge in [-0.1, -0.05) is 25.4 Å². The van der Waals surface area contributed by atoms with Crippen molar-refractivity contribution in [3.05, 3.63) is 21.3 Å². The quantitative estimate of drug-likeness (QED) is 0.826. The minimum atomic E-state index is -2.97. The predicted octanol–water partition coefficient (Wildman–Crippen LogP) is 2.97. The summed E-state index contributed by atoms with van der Waals surface area (Å²) in [5, 5.41) is 1.79. The van der Waals surface area contributed by atoms with Crippen molar-refractivity contribution in [1.29, 1.82) is 0 Å². The Kier molecular flexibility index (Phi) is 3.98. The molecular formula is C9H13ClO2S2. The summed E-state index contributed by atoms with van der Waals surface area (Å²) in [6.07, 6.45) is 0. The fourth-order valence-corrected chi connectivity index (χ4v) is 4.06. The van der Waals surface area contributed by atoms with E-state index >= 15 is 0 Å². The summed E-state index contributed by atoms with van der Waals surface area (Å²) in [6, 6.07) is 1.71. The lowest BCUT2D eigenvalue weighted by Crippen LogP contribution is -2.13. The number of rotatable bonds is 4. The van der Waals surface area contributed by atoms with E-state index in [1.54, 1.807) is 11.4 Å². The van der Waals surface area contributed by atoms with Crippen molar-refractivity contribution in [2.24, 2.45) is 5.92 Å². The molecule has 0 bridgehead atoms. The maximum absolute atomic E-state index is 11.6. The van der Waals surface area contributed by atoms with E-state index < -0.39 is 9.84 Å². The van der Waals surface area contributed by atoms with E-state index in [-0.39, 0.29) is 17.4 Å². The molecule has 1 aromatic heterocycles. The van der Waals surface area contributed by atoms with Crippen molar-refractivity contribution < 1.29 is 8.42 Å². The number of hydrogen-bond donors (Lipinski definition) is 0. The Morgan fingerprint density at radius 3 is 2.57 bits per heavy atom. The van der Waals surface area contributed by atoms with Crippen molar-refractivity contribution in [2.75, 3.05) is 5.75 Å². The second-order valence-electron chi connectivity index (χ2n) is 3.71. The molecule has 0 aliphatic heterocycles. The first-order chi connectivity index (χ1) is 6.39. The third-order valence-corrected chi connectivity index (χ3v) is 4.68. The molecule has 0 aromatic carbocycles. The average molecular weight is 253 g/mol. The molecule has 0 atom stereocenters. The SMILES string of the molecule is CC(C)CS(=O)(=O)Cc1csc(Cl)c1. The molecule has 0 aliphatic carbocycles. The second-order valence-corrected chi connectivity index (χ2v) is 7.36. The topological polar surface area (TPSA) is 34.1 Å². The Hall–Kier alpha value is -0.0600. The predicted molar refractivity (Wildman–Crippen MR) is 61.7 cm³/mol. The van der Waals surface area contributed by atoms with Crippen LogP contribution in [0, 0.1) is 5.92 Å². The van der Waals surface area contributed by atoms with Crippen molar-refractivity contribution in [3.63, 3.8) is 0 Å². The van der Waals surface area contributed by atoms with Crippen LogP contribution in [0.25, 0.3) is 0 Å². The summed E-state index contributed by atoms with van der Waals surface area (Å²) in [6.45, 7) is 3.80. The highest BCUT2D eigenvalue weighted by Gasteiger charge is 2.14. The Labute approximate surface area is 93.8 Å². The van der Waals surface area contributed by atoms with Crippen molar-refractivity contribution >= 4 is 32.8 Å². The molecule has 0 saturated carbocycles. The van der Waals surface area contributed by atoms with Gasteiger partial charge in [0.05, 0.1) is 15.8 Å². The molecule has 1 rings (SSSR count). The van der Waals surface area contributed by atoms with Gasteiger partial charge in [-0.3, -0.25) is 0 Å². The molecule has 0 spiro atoms. The molecule has 0 radical (unpaired) electrons. The lowest BCUT2D eigenvalue weighted by molar-refractivity contribution is 0.581. The third kappa shape index (κ3) is 3.98. The highest BCUT2D eigenvalue weighted by atomic mass is 35.5. The van der Waals surface area contributed by atoms with Gasteiger partial charge < -0.3 is 0 Å². The summed E-state index contributed by atoms with van der Waals surface area (Å²) >= 11 is 7.08. The molecule has 5 heteroatoms. The van der Waals surface area contributed by atoms with Gasteiger partial charge in [0.1, 0.15) is 0 Å². The largest absolute Gasteiger partial charge is 0.228 e. The summed E-state index contributed by atoms with van der Waals surface area (Å²) in [7, 11) is -2.97. The molecule has 14 heavy (non-hydrogen) atoms. The van der Waals surface area contributed by atoms with Crippen LogP contribution in [0.4, 0.5) is 0 Å². The molecule has 80 valence electrons. The first kappa shape index (κ1) is 12.0. The maximum Gasteiger partial charge on any atom is 0.154 e. The van der Waals surface area contributed by atoms with Crippen LogP contribution in [-0.4, -0.2) is 14.2 Å². The molecule has 0 amide bonds. The highest BCUT2D eigenvalue weighted by molar-refractivity contribution is 7.90. The number of thiophene rings is 1. The number of hydrogen-bond acceptors (Lipinski definition) is 3. The molecule has 2 nitrogen and oxygen atoms in total. The molecular weight excluding hydrogens is 240 g/mol. The van der Waals surface area contributed by atoms with Gasteiger partial charge >= 0.3 is 0 Å². The summed E-state index contributed by atoms with van der Waals surface area (Å²) < 4.78 is 23.8. The third-order valence-electron chi connectivity index (χ3n) is 1.60. The smallest absolute Gasteiger partial charge is 0.154 e. The summed E-state index contributed by atoms with van der Waals surface area (Å²) in [5.41, 5.74) is 0.792. The fraction of sp³-hybridized carbons (Fsp3) is 0.556. The fourth-order valence-electron chi connectivity index (χ4n) is 1.24. The standard InChI is InChI=1S/C9H13ClO2S2/c1-7(2)5-14(11,12)6-8-3-9(10)13-4-8/h3-4,7H,5-6H2,1-2H3. The molecule has 0 N–H and O–H groups in total. The average Bonchev–Trinajstić information content (AvgIpc) is 2.30. The van der Waals surface area contributed by atoms with Gasteiger partial charge in [-0.2, -0.15) is 0 Å². The minimum absolute atomic E-state index is 0.106. The van der Waals surface area contributed by atoms with Crippen molar-refractivity contribution in [2.45, 2.75) is 19.6 Å². The Morgan fingerprint density at radius 1 is 1.50 bits per heavy atom. The van der Waals surface area contributed by atoms with Gasteiger partial charge in [-0.05, 0) is 22.9 Å². The molecule has 0 unspecified atom stereocenters. The van der Waals surface area contributed by atoms with Crippen LogP contribution in [0.5, 0.6) is 0 Å². The molecule has 1 heterocycles. The van der Waals surface area contributed by atoms with Gasteiger partial charge in [0.2, 0.25) is 0 Å². The van der Waals surface area contributed by atoms with E-state index in [1.807, 2.05) is 13.8 Å².